The molecule has 1 aliphatic heterocycles. The maximum atomic E-state index is 12.0. The number of benzene rings is 1. The van der Waals surface area contributed by atoms with Crippen LogP contribution in [0, 0.1) is 0 Å². The van der Waals surface area contributed by atoms with E-state index in [1.807, 2.05) is 24.3 Å². The summed E-state index contributed by atoms with van der Waals surface area (Å²) in [4.78, 5) is 23.2. The first-order valence-corrected chi connectivity index (χ1v) is 13.4. The van der Waals surface area contributed by atoms with Gasteiger partial charge in [0.05, 0.1) is 13.0 Å². The molecule has 2 rings (SSSR count). The van der Waals surface area contributed by atoms with Crippen molar-refractivity contribution in [3.63, 3.8) is 0 Å². The number of esters is 2. The second-order valence-electron chi connectivity index (χ2n) is 6.32. The van der Waals surface area contributed by atoms with Gasteiger partial charge in [-0.15, -0.1) is 0 Å². The fourth-order valence-electron chi connectivity index (χ4n) is 2.53. The number of hydrogen-bond donors (Lipinski definition) is 0. The zero-order valence-electron chi connectivity index (χ0n) is 16.8. The van der Waals surface area contributed by atoms with E-state index >= 15 is 0 Å². The van der Waals surface area contributed by atoms with E-state index in [1.165, 1.54) is 6.08 Å². The van der Waals surface area contributed by atoms with Crippen LogP contribution in [-0.2, 0) is 30.2 Å². The fourth-order valence-corrected chi connectivity index (χ4v) is 4.37. The van der Waals surface area contributed by atoms with Gasteiger partial charge in [-0.1, -0.05) is 55.7 Å². The molecule has 0 spiro atoms. The molecule has 0 saturated carbocycles. The van der Waals surface area contributed by atoms with Crippen LogP contribution in [0.25, 0.3) is 0 Å². The molecule has 0 amide bonds. The van der Waals surface area contributed by atoms with Crippen molar-refractivity contribution >= 4 is 49.5 Å². The van der Waals surface area contributed by atoms with E-state index in [0.717, 1.165) is 37.2 Å². The van der Waals surface area contributed by atoms with Crippen LogP contribution in [0.3, 0.4) is 0 Å². The van der Waals surface area contributed by atoms with Crippen molar-refractivity contribution in [3.05, 3.63) is 42.0 Å². The number of allylic oxidation sites excluding steroid dienone is 1. The fraction of sp³-hybridized carbons (Fsp3) is 0.524. The zero-order valence-corrected chi connectivity index (χ0v) is 20.0. The van der Waals surface area contributed by atoms with E-state index in [4.69, 9.17) is 18.9 Å². The van der Waals surface area contributed by atoms with Gasteiger partial charge >= 0.3 is 11.9 Å². The van der Waals surface area contributed by atoms with E-state index in [-0.39, 0.29) is 24.6 Å². The number of ether oxygens (including phenoxy) is 4. The molecule has 0 radical (unpaired) electrons. The summed E-state index contributed by atoms with van der Waals surface area (Å²) < 4.78 is 21.6. The van der Waals surface area contributed by atoms with E-state index in [0.29, 0.717) is 30.0 Å². The molecule has 0 aromatic heterocycles. The molecular formula is C21H27BrO6S2. The molecule has 1 fully saturated rings. The summed E-state index contributed by atoms with van der Waals surface area (Å²) in [6.07, 6.45) is 6.26. The Balaban J connectivity index is 1.50. The van der Waals surface area contributed by atoms with Crippen molar-refractivity contribution in [2.75, 3.05) is 36.7 Å². The molecule has 0 aliphatic carbocycles. The lowest BCUT2D eigenvalue weighted by Crippen LogP contribution is -2.24. The third-order valence-electron chi connectivity index (χ3n) is 3.94. The quantitative estimate of drug-likeness (QED) is 0.124. The highest BCUT2D eigenvalue weighted by atomic mass is 79.9. The van der Waals surface area contributed by atoms with E-state index in [2.05, 4.69) is 15.9 Å². The molecule has 1 atom stereocenters. The van der Waals surface area contributed by atoms with E-state index in [9.17, 15) is 9.59 Å². The van der Waals surface area contributed by atoms with Gasteiger partial charge in [-0.05, 0) is 30.5 Å². The molecule has 6 nitrogen and oxygen atoms in total. The summed E-state index contributed by atoms with van der Waals surface area (Å²) in [5.41, 5.74) is 0.884. The molecule has 1 aromatic carbocycles. The highest BCUT2D eigenvalue weighted by Gasteiger charge is 2.15. The van der Waals surface area contributed by atoms with E-state index < -0.39 is 0 Å². The minimum atomic E-state index is -0.337. The predicted octanol–water partition coefficient (Wildman–Crippen LogP) is 4.55. The van der Waals surface area contributed by atoms with E-state index in [1.54, 1.807) is 27.7 Å². The molecule has 30 heavy (non-hydrogen) atoms. The Labute approximate surface area is 194 Å². The van der Waals surface area contributed by atoms with Gasteiger partial charge in [0, 0.05) is 29.3 Å². The lowest BCUT2D eigenvalue weighted by atomic mass is 10.1. The minimum Gasteiger partial charge on any atom is -0.465 e. The molecule has 1 aromatic rings. The molecular weight excluding hydrogens is 492 g/mol. The Morgan fingerprint density at radius 3 is 2.50 bits per heavy atom. The third-order valence-corrected chi connectivity index (χ3v) is 6.65. The summed E-state index contributed by atoms with van der Waals surface area (Å²) in [6.45, 7) is 1.45. The number of rotatable bonds is 13. The summed E-state index contributed by atoms with van der Waals surface area (Å²) >= 11 is 3.20. The molecule has 9 heteroatoms. The van der Waals surface area contributed by atoms with Crippen LogP contribution >= 0.6 is 37.5 Å². The van der Waals surface area contributed by atoms with Crippen LogP contribution in [0.2, 0.25) is 0 Å². The second kappa shape index (κ2) is 15.6. The van der Waals surface area contributed by atoms with Crippen molar-refractivity contribution in [1.82, 2.24) is 0 Å². The van der Waals surface area contributed by atoms with Crippen LogP contribution in [0.1, 0.15) is 24.8 Å². The molecule has 166 valence electrons. The summed E-state index contributed by atoms with van der Waals surface area (Å²) in [6, 6.07) is 7.46. The number of hydrogen-bond acceptors (Lipinski definition) is 8. The number of alkyl halides is 1. The molecule has 0 bridgehead atoms. The number of halogens is 1. The van der Waals surface area contributed by atoms with Crippen molar-refractivity contribution in [2.45, 2.75) is 32.0 Å². The van der Waals surface area contributed by atoms with Crippen LogP contribution in [0.4, 0.5) is 0 Å². The van der Waals surface area contributed by atoms with Crippen LogP contribution in [-0.4, -0.2) is 54.9 Å². The van der Waals surface area contributed by atoms with Gasteiger partial charge in [0.25, 0.3) is 0 Å². The standard InChI is InChI=1S/C21H27BrO6S2/c22-10-3-4-19(23)25-12-14-29-30-15-13-26-20(24)16-17-6-8-18(9-7-17)28-21-5-1-2-11-27-21/h3-4,6-9,21H,1-2,5,10-16H2/b4-3+. The second-order valence-corrected chi connectivity index (χ2v) is 9.67. The third kappa shape index (κ3) is 11.3. The summed E-state index contributed by atoms with van der Waals surface area (Å²) in [5.74, 6) is 1.53. The minimum absolute atomic E-state index is 0.173. The van der Waals surface area contributed by atoms with Crippen LogP contribution in [0.5, 0.6) is 5.75 Å². The SMILES string of the molecule is O=C(/C=C/CBr)OCCSSCCOC(=O)Cc1ccc(OC2CCCCO2)cc1. The Bertz CT molecular complexity index is 662. The van der Waals surface area contributed by atoms with Crippen molar-refractivity contribution in [1.29, 1.82) is 0 Å². The van der Waals surface area contributed by atoms with Crippen LogP contribution < -0.4 is 4.74 Å². The zero-order chi connectivity index (χ0) is 21.4. The Morgan fingerprint density at radius 2 is 1.83 bits per heavy atom. The molecule has 0 N–H and O–H groups in total. The summed E-state index contributed by atoms with van der Waals surface area (Å²) in [5, 5.41) is 0.626. The van der Waals surface area contributed by atoms with Crippen molar-refractivity contribution in [2.24, 2.45) is 0 Å². The maximum absolute atomic E-state index is 12.0. The Morgan fingerprint density at radius 1 is 1.10 bits per heavy atom. The average Bonchev–Trinajstić information content (AvgIpc) is 2.76. The first-order chi connectivity index (χ1) is 14.7. The smallest absolute Gasteiger partial charge is 0.330 e. The van der Waals surface area contributed by atoms with Gasteiger partial charge in [0.15, 0.2) is 6.29 Å². The topological polar surface area (TPSA) is 71.1 Å². The van der Waals surface area contributed by atoms with Crippen molar-refractivity contribution < 1.29 is 28.5 Å². The van der Waals surface area contributed by atoms with Crippen molar-refractivity contribution in [3.8, 4) is 5.75 Å². The van der Waals surface area contributed by atoms with Gasteiger partial charge in [0.1, 0.15) is 19.0 Å². The largest absolute Gasteiger partial charge is 0.465 e. The highest BCUT2D eigenvalue weighted by molar-refractivity contribution is 9.09. The number of carbonyl (C=O) groups excluding carboxylic acids is 2. The predicted molar refractivity (Wildman–Crippen MR) is 124 cm³/mol. The lowest BCUT2D eigenvalue weighted by Gasteiger charge is -2.23. The van der Waals surface area contributed by atoms with Crippen LogP contribution in [0.15, 0.2) is 36.4 Å². The highest BCUT2D eigenvalue weighted by Crippen LogP contribution is 2.21. The number of carbonyl (C=O) groups is 2. The normalized spacial score (nSPS) is 16.4. The van der Waals surface area contributed by atoms with Gasteiger partial charge in [0.2, 0.25) is 0 Å². The van der Waals surface area contributed by atoms with Gasteiger partial charge in [-0.2, -0.15) is 0 Å². The Kier molecular flexibility index (Phi) is 13.1. The Hall–Kier alpha value is -1.16. The maximum Gasteiger partial charge on any atom is 0.330 e. The molecule has 1 unspecified atom stereocenters. The first kappa shape index (κ1) is 25.1. The monoisotopic (exact) mass is 518 g/mol. The average molecular weight is 519 g/mol. The first-order valence-electron chi connectivity index (χ1n) is 9.84. The summed E-state index contributed by atoms with van der Waals surface area (Å²) in [7, 11) is 3.16. The molecule has 1 heterocycles. The lowest BCUT2D eigenvalue weighted by molar-refractivity contribution is -0.142. The molecule has 1 aliphatic rings. The van der Waals surface area contributed by atoms with Gasteiger partial charge < -0.3 is 18.9 Å². The molecule has 1 saturated heterocycles. The van der Waals surface area contributed by atoms with Gasteiger partial charge in [-0.3, -0.25) is 4.79 Å². The van der Waals surface area contributed by atoms with Gasteiger partial charge in [-0.25, -0.2) is 4.79 Å².